The second kappa shape index (κ2) is 10.5. The van der Waals surface area contributed by atoms with Crippen molar-refractivity contribution in [3.63, 3.8) is 0 Å². The smallest absolute Gasteiger partial charge is 0.0622 e. The molecule has 0 fully saturated rings. The molecule has 0 unspecified atom stereocenters. The zero-order chi connectivity index (χ0) is 44.9. The molecule has 0 spiro atoms. The van der Waals surface area contributed by atoms with E-state index >= 15 is 0 Å². The van der Waals surface area contributed by atoms with E-state index in [9.17, 15) is 5.48 Å². The van der Waals surface area contributed by atoms with Gasteiger partial charge >= 0.3 is 0 Å². The summed E-state index contributed by atoms with van der Waals surface area (Å²) in [6.07, 6.45) is 0. The first-order valence-electron chi connectivity index (χ1n) is 23.3. The summed E-state index contributed by atoms with van der Waals surface area (Å²) >= 11 is 0. The van der Waals surface area contributed by atoms with Gasteiger partial charge in [0, 0.05) is 0 Å². The third-order valence-electron chi connectivity index (χ3n) is 10.0. The van der Waals surface area contributed by atoms with Crippen LogP contribution in [0.1, 0.15) is 19.2 Å². The second-order valence-corrected chi connectivity index (χ2v) is 12.5. The van der Waals surface area contributed by atoms with Gasteiger partial charge < -0.3 is 0 Å². The number of rotatable bonds is 4. The Labute approximate surface area is 309 Å². The van der Waals surface area contributed by atoms with E-state index in [-0.39, 0.29) is 70.6 Å². The Morgan fingerprint density at radius 2 is 0.480 bits per heavy atom. The molecule has 11 aromatic carbocycles. The average molecular weight is 645 g/mol. The lowest BCUT2D eigenvalue weighted by molar-refractivity contribution is 1.63. The summed E-state index contributed by atoms with van der Waals surface area (Å²) < 4.78 is 122. The molecule has 0 saturated carbocycles. The zero-order valence-electron chi connectivity index (χ0n) is 40.2. The number of hydrogen-bond donors (Lipinski definition) is 0. The van der Waals surface area contributed by atoms with Gasteiger partial charge in [-0.3, -0.25) is 0 Å². The van der Waals surface area contributed by atoms with Gasteiger partial charge in [0.25, 0.3) is 0 Å². The van der Waals surface area contributed by atoms with E-state index < -0.39 is 36.3 Å². The lowest BCUT2D eigenvalue weighted by Crippen LogP contribution is -1.90. The van der Waals surface area contributed by atoms with Gasteiger partial charge in [-0.15, -0.1) is 0 Å². The van der Waals surface area contributed by atoms with Crippen molar-refractivity contribution in [2.75, 3.05) is 0 Å². The maximum atomic E-state index is 9.51. The van der Waals surface area contributed by atoms with E-state index in [2.05, 4.69) is 0 Å². The van der Waals surface area contributed by atoms with Gasteiger partial charge in [0.05, 0.1) is 19.2 Å². The zero-order valence-corrected chi connectivity index (χ0v) is 26.2. The Hall–Kier alpha value is -6.50. The maximum Gasteiger partial charge on any atom is 0.0629 e. The molecule has 0 heteroatoms. The molecule has 11 rings (SSSR count). The summed E-state index contributed by atoms with van der Waals surface area (Å²) in [5.74, 6) is 0. The fourth-order valence-corrected chi connectivity index (χ4v) is 7.83. The molecule has 0 radical (unpaired) electrons. The molecule has 0 aromatic heterocycles. The average Bonchev–Trinajstić information content (AvgIpc) is 3.30. The molecule has 50 heavy (non-hydrogen) atoms. The summed E-state index contributed by atoms with van der Waals surface area (Å²) in [6, 6.07) is 24.8. The minimum atomic E-state index is -0.477. The predicted octanol–water partition coefficient (Wildman–Crippen LogP) is 14.1. The van der Waals surface area contributed by atoms with Gasteiger partial charge in [-0.2, -0.15) is 0 Å². The standard InChI is InChI=1S/C50H30/c1-3-7-31(8-4-1)39-23-15-35-21-29-45-41(25-17-37-19-27-43(39)47(35)49(37)45)33-11-13-34(14-12-33)42-26-18-38-20-28-44-40(32-9-5-2-6-10-32)24-16-36-22-30-46(42)50(38)48(36)44/h1-30H/i1D,2D,3D,4D,5D,6D,7D,8D,9D,10D,11D,12D,13D,14D. The predicted molar refractivity (Wildman–Crippen MR) is 216 cm³/mol. The van der Waals surface area contributed by atoms with E-state index in [1.807, 2.05) is 72.8 Å². The first kappa shape index (κ1) is 17.2. The van der Waals surface area contributed by atoms with Crippen LogP contribution in [0, 0.1) is 0 Å². The molecule has 230 valence electrons. The van der Waals surface area contributed by atoms with Gasteiger partial charge in [-0.05, 0) is 109 Å². The van der Waals surface area contributed by atoms with Gasteiger partial charge in [-0.1, -0.05) is 182 Å². The highest BCUT2D eigenvalue weighted by Gasteiger charge is 2.17. The van der Waals surface area contributed by atoms with Crippen LogP contribution in [0.25, 0.3) is 109 Å². The second-order valence-electron chi connectivity index (χ2n) is 12.5. The van der Waals surface area contributed by atoms with Crippen molar-refractivity contribution >= 4 is 64.6 Å². The van der Waals surface area contributed by atoms with Crippen molar-refractivity contribution in [2.45, 2.75) is 0 Å². The quantitative estimate of drug-likeness (QED) is 0.167. The van der Waals surface area contributed by atoms with Crippen LogP contribution in [0.15, 0.2) is 182 Å². The lowest BCUT2D eigenvalue weighted by Gasteiger charge is -2.17. The largest absolute Gasteiger partial charge is 0.0629 e. The Morgan fingerprint density at radius 1 is 0.240 bits per heavy atom. The number of hydrogen-bond acceptors (Lipinski definition) is 0. The molecule has 0 aliphatic heterocycles. The molecule has 0 atom stereocenters. The van der Waals surface area contributed by atoms with Crippen LogP contribution in [-0.2, 0) is 0 Å². The van der Waals surface area contributed by atoms with Crippen LogP contribution < -0.4 is 0 Å². The highest BCUT2D eigenvalue weighted by molar-refractivity contribution is 6.29. The van der Waals surface area contributed by atoms with Crippen molar-refractivity contribution < 1.29 is 19.2 Å². The fourth-order valence-electron chi connectivity index (χ4n) is 7.83. The van der Waals surface area contributed by atoms with Gasteiger partial charge in [0.1, 0.15) is 0 Å². The van der Waals surface area contributed by atoms with E-state index in [1.54, 1.807) is 24.3 Å². The van der Waals surface area contributed by atoms with Crippen molar-refractivity contribution in [2.24, 2.45) is 0 Å². The first-order valence-corrected chi connectivity index (χ1v) is 16.3. The molecule has 0 amide bonds. The highest BCUT2D eigenvalue weighted by Crippen LogP contribution is 2.44. The van der Waals surface area contributed by atoms with E-state index in [0.29, 0.717) is 43.8 Å². The normalized spacial score (nSPS) is 15.9. The van der Waals surface area contributed by atoms with Crippen LogP contribution in [0.3, 0.4) is 0 Å². The Balaban J connectivity index is 1.12. The molecule has 0 aliphatic carbocycles. The summed E-state index contributed by atoms with van der Waals surface area (Å²) in [7, 11) is 0. The van der Waals surface area contributed by atoms with E-state index in [0.717, 1.165) is 43.1 Å². The molecule has 11 aromatic rings. The van der Waals surface area contributed by atoms with Gasteiger partial charge in [0.15, 0.2) is 0 Å². The van der Waals surface area contributed by atoms with Crippen LogP contribution in [-0.4, -0.2) is 0 Å². The summed E-state index contributed by atoms with van der Waals surface area (Å²) in [5, 5.41) is 9.11. The summed E-state index contributed by atoms with van der Waals surface area (Å²) in [4.78, 5) is 0. The lowest BCUT2D eigenvalue weighted by atomic mass is 9.86. The van der Waals surface area contributed by atoms with Crippen LogP contribution in [0.2, 0.25) is 0 Å². The first-order chi connectivity index (χ1) is 30.6. The SMILES string of the molecule is [2H]c1c([2H])c([2H])c(-c2ccc3ccc4c(-c5c([2H])c([2H])c(-c6ccc7ccc8c(-c9c([2H])c([2H])c([2H])c([2H])c9[2H])ccc9ccc6c7c98)c([2H])c5[2H])ccc5ccc2c3c54)c([2H])c1[2H]. The fraction of sp³-hybridized carbons (Fsp3) is 0. The Kier molecular flexibility index (Phi) is 3.62. The molecule has 0 aliphatic rings. The van der Waals surface area contributed by atoms with Gasteiger partial charge in [0.2, 0.25) is 0 Å². The maximum absolute atomic E-state index is 9.51. The third kappa shape index (κ3) is 3.94. The van der Waals surface area contributed by atoms with Gasteiger partial charge in [-0.25, -0.2) is 0 Å². The van der Waals surface area contributed by atoms with Crippen LogP contribution in [0.5, 0.6) is 0 Å². The third-order valence-corrected chi connectivity index (χ3v) is 10.0. The summed E-state index contributed by atoms with van der Waals surface area (Å²) in [5.41, 5.74) is 2.30. The minimum absolute atomic E-state index is 0.0839. The Morgan fingerprint density at radius 3 is 0.760 bits per heavy atom. The Bertz CT molecular complexity index is 3550. The van der Waals surface area contributed by atoms with Crippen LogP contribution >= 0.6 is 0 Å². The summed E-state index contributed by atoms with van der Waals surface area (Å²) in [6.45, 7) is 0. The van der Waals surface area contributed by atoms with Crippen molar-refractivity contribution in [3.8, 4) is 44.5 Å². The van der Waals surface area contributed by atoms with Crippen LogP contribution in [0.4, 0.5) is 0 Å². The molecule has 0 saturated heterocycles. The minimum Gasteiger partial charge on any atom is -0.0622 e. The van der Waals surface area contributed by atoms with Crippen molar-refractivity contribution in [1.29, 1.82) is 0 Å². The highest BCUT2D eigenvalue weighted by atomic mass is 14.2. The van der Waals surface area contributed by atoms with Crippen molar-refractivity contribution in [3.05, 3.63) is 182 Å². The molecule has 0 N–H and O–H groups in total. The molecule has 0 nitrogen and oxygen atoms in total. The number of benzene rings is 11. The molecule has 0 heterocycles. The van der Waals surface area contributed by atoms with E-state index in [1.165, 1.54) is 0 Å². The molecular formula is C50H30. The molecule has 0 bridgehead atoms. The topological polar surface area (TPSA) is 0 Å². The monoisotopic (exact) mass is 644 g/mol. The van der Waals surface area contributed by atoms with Crippen molar-refractivity contribution in [1.82, 2.24) is 0 Å². The molecular weight excluding hydrogens is 601 g/mol. The van der Waals surface area contributed by atoms with E-state index in [4.69, 9.17) is 13.7 Å².